The van der Waals surface area contributed by atoms with Crippen LogP contribution in [0.2, 0.25) is 0 Å². The molecule has 1 saturated carbocycles. The van der Waals surface area contributed by atoms with Gasteiger partial charge in [0, 0.05) is 44.7 Å². The first-order valence-corrected chi connectivity index (χ1v) is 12.8. The van der Waals surface area contributed by atoms with Crippen molar-refractivity contribution in [2.75, 3.05) is 32.7 Å². The maximum absolute atomic E-state index is 13.8. The molecule has 0 amide bonds. The lowest BCUT2D eigenvalue weighted by Crippen LogP contribution is -2.38. The molecule has 4 nitrogen and oxygen atoms in total. The molecule has 0 unspecified atom stereocenters. The maximum Gasteiger partial charge on any atom is 0.125 e. The van der Waals surface area contributed by atoms with E-state index >= 15 is 0 Å². The zero-order valence-electron chi connectivity index (χ0n) is 19.4. The van der Waals surface area contributed by atoms with Crippen molar-refractivity contribution in [1.29, 1.82) is 0 Å². The number of hydrogen-bond donors (Lipinski definition) is 1. The Labute approximate surface area is 187 Å². The maximum atomic E-state index is 13.8. The van der Waals surface area contributed by atoms with Crippen molar-refractivity contribution in [2.24, 2.45) is 5.92 Å². The number of fused-ring (bicyclic) bond motifs is 1. The topological polar surface area (TPSA) is 33.1 Å². The number of piperidine rings is 1. The van der Waals surface area contributed by atoms with Crippen LogP contribution in [-0.4, -0.2) is 47.2 Å². The monoisotopic (exact) mass is 428 g/mol. The number of nitrogens with zero attached hydrogens (tertiary/aromatic N) is 3. The molecule has 2 aromatic rings. The normalized spacial score (nSPS) is 20.2. The van der Waals surface area contributed by atoms with Gasteiger partial charge in [0.1, 0.15) is 11.6 Å². The summed E-state index contributed by atoms with van der Waals surface area (Å²) in [6.45, 7) is 7.80. The summed E-state index contributed by atoms with van der Waals surface area (Å²) in [5, 5.41) is 3.50. The zero-order valence-corrected chi connectivity index (χ0v) is 19.4. The summed E-state index contributed by atoms with van der Waals surface area (Å²) in [6.07, 6.45) is 14.4. The second-order valence-corrected chi connectivity index (χ2v) is 9.77. The fraction of sp³-hybridized carbons (Fsp3) is 0.731. The van der Waals surface area contributed by atoms with E-state index in [2.05, 4.69) is 21.7 Å². The molecule has 172 valence electrons. The Bertz CT molecular complexity index is 801. The van der Waals surface area contributed by atoms with Gasteiger partial charge in [-0.25, -0.2) is 9.37 Å². The van der Waals surface area contributed by atoms with Gasteiger partial charge in [-0.1, -0.05) is 39.0 Å². The van der Waals surface area contributed by atoms with E-state index in [4.69, 9.17) is 4.98 Å². The Morgan fingerprint density at radius 2 is 1.74 bits per heavy atom. The summed E-state index contributed by atoms with van der Waals surface area (Å²) in [5.74, 6) is 1.82. The largest absolute Gasteiger partial charge is 0.325 e. The summed E-state index contributed by atoms with van der Waals surface area (Å²) >= 11 is 0. The van der Waals surface area contributed by atoms with Gasteiger partial charge >= 0.3 is 0 Å². The fourth-order valence-corrected chi connectivity index (χ4v) is 5.66. The van der Waals surface area contributed by atoms with Crippen LogP contribution in [0, 0.1) is 11.7 Å². The molecule has 1 N–H and O–H groups in total. The van der Waals surface area contributed by atoms with Gasteiger partial charge in [0.05, 0.1) is 11.0 Å². The van der Waals surface area contributed by atoms with Crippen LogP contribution in [0.4, 0.5) is 4.39 Å². The molecule has 0 bridgehead atoms. The summed E-state index contributed by atoms with van der Waals surface area (Å²) in [4.78, 5) is 7.56. The van der Waals surface area contributed by atoms with E-state index in [0.29, 0.717) is 6.04 Å². The summed E-state index contributed by atoms with van der Waals surface area (Å²) in [5.41, 5.74) is 1.91. The Balaban J connectivity index is 1.41. The molecular formula is C26H41FN4. The molecule has 0 spiro atoms. The second-order valence-electron chi connectivity index (χ2n) is 9.77. The highest BCUT2D eigenvalue weighted by Gasteiger charge is 2.26. The number of likely N-dealkylation sites (tertiary alicyclic amines) is 1. The molecular weight excluding hydrogens is 387 g/mol. The molecule has 1 aliphatic heterocycles. The predicted molar refractivity (Wildman–Crippen MR) is 127 cm³/mol. The van der Waals surface area contributed by atoms with Crippen molar-refractivity contribution in [3.8, 4) is 0 Å². The number of rotatable bonds is 8. The van der Waals surface area contributed by atoms with Crippen LogP contribution in [-0.2, 0) is 6.42 Å². The first kappa shape index (κ1) is 22.7. The van der Waals surface area contributed by atoms with Gasteiger partial charge in [0.25, 0.3) is 0 Å². The number of aromatic nitrogens is 2. The van der Waals surface area contributed by atoms with Crippen LogP contribution in [0.5, 0.6) is 0 Å². The van der Waals surface area contributed by atoms with Gasteiger partial charge in [-0.05, 0) is 56.7 Å². The third-order valence-corrected chi connectivity index (χ3v) is 7.34. The molecule has 2 aliphatic rings. The minimum absolute atomic E-state index is 0.193. The highest BCUT2D eigenvalue weighted by molar-refractivity contribution is 5.76. The van der Waals surface area contributed by atoms with E-state index in [1.165, 1.54) is 77.4 Å². The molecule has 2 heterocycles. The Morgan fingerprint density at radius 1 is 1.00 bits per heavy atom. The molecule has 31 heavy (non-hydrogen) atoms. The van der Waals surface area contributed by atoms with Gasteiger partial charge in [0.15, 0.2) is 0 Å². The molecule has 1 aliphatic carbocycles. The van der Waals surface area contributed by atoms with Crippen molar-refractivity contribution in [3.05, 3.63) is 29.8 Å². The first-order valence-electron chi connectivity index (χ1n) is 12.8. The number of hydrogen-bond acceptors (Lipinski definition) is 3. The highest BCUT2D eigenvalue weighted by Crippen LogP contribution is 2.31. The quantitative estimate of drug-likeness (QED) is 0.546. The minimum atomic E-state index is -0.193. The van der Waals surface area contributed by atoms with Crippen LogP contribution in [0.25, 0.3) is 11.0 Å². The lowest BCUT2D eigenvalue weighted by Gasteiger charge is -2.36. The molecule has 5 heteroatoms. The summed E-state index contributed by atoms with van der Waals surface area (Å²) in [6, 6.07) is 5.59. The van der Waals surface area contributed by atoms with Crippen molar-refractivity contribution >= 4 is 11.0 Å². The van der Waals surface area contributed by atoms with Crippen molar-refractivity contribution in [1.82, 2.24) is 19.8 Å². The highest BCUT2D eigenvalue weighted by atomic mass is 19.1. The van der Waals surface area contributed by atoms with E-state index in [1.807, 2.05) is 6.07 Å². The van der Waals surface area contributed by atoms with E-state index in [1.54, 1.807) is 12.1 Å². The summed E-state index contributed by atoms with van der Waals surface area (Å²) in [7, 11) is 0. The van der Waals surface area contributed by atoms with E-state index in [-0.39, 0.29) is 5.82 Å². The smallest absolute Gasteiger partial charge is 0.125 e. The van der Waals surface area contributed by atoms with Gasteiger partial charge < -0.3 is 14.8 Å². The Kier molecular flexibility index (Phi) is 8.37. The van der Waals surface area contributed by atoms with Crippen LogP contribution < -0.4 is 5.32 Å². The fourth-order valence-electron chi connectivity index (χ4n) is 5.66. The number of benzene rings is 1. The Hall–Kier alpha value is -1.46. The molecule has 2 fully saturated rings. The van der Waals surface area contributed by atoms with Crippen LogP contribution >= 0.6 is 0 Å². The number of imidazole rings is 1. The average Bonchev–Trinajstić information content (AvgIpc) is 3.11. The van der Waals surface area contributed by atoms with Gasteiger partial charge in [-0.15, -0.1) is 0 Å². The van der Waals surface area contributed by atoms with E-state index < -0.39 is 0 Å². The molecule has 0 atom stereocenters. The third kappa shape index (κ3) is 6.07. The van der Waals surface area contributed by atoms with E-state index in [0.717, 1.165) is 48.7 Å². The molecule has 1 aromatic carbocycles. The predicted octanol–water partition coefficient (Wildman–Crippen LogP) is 5.71. The van der Waals surface area contributed by atoms with Crippen molar-refractivity contribution < 1.29 is 4.39 Å². The lowest BCUT2D eigenvalue weighted by molar-refractivity contribution is 0.152. The number of nitrogens with one attached hydrogen (secondary N) is 1. The van der Waals surface area contributed by atoms with Crippen LogP contribution in [0.15, 0.2) is 18.2 Å². The van der Waals surface area contributed by atoms with E-state index in [9.17, 15) is 4.39 Å². The van der Waals surface area contributed by atoms with Crippen LogP contribution in [0.1, 0.15) is 83.0 Å². The zero-order chi connectivity index (χ0) is 21.5. The Morgan fingerprint density at radius 3 is 2.48 bits per heavy atom. The molecule has 0 radical (unpaired) electrons. The number of halogens is 1. The van der Waals surface area contributed by atoms with Gasteiger partial charge in [-0.3, -0.25) is 0 Å². The average molecular weight is 429 g/mol. The van der Waals surface area contributed by atoms with Crippen molar-refractivity contribution in [3.63, 3.8) is 0 Å². The minimum Gasteiger partial charge on any atom is -0.325 e. The lowest BCUT2D eigenvalue weighted by atomic mass is 9.90. The molecule has 1 saturated heterocycles. The molecule has 1 aromatic heterocycles. The SMILES string of the molecule is CCCNCCc1nc2cc(F)ccc2n1C1CCN(CC2CCCCCCC2)CC1. The molecule has 4 rings (SSSR count). The standard InChI is InChI=1S/C26H41FN4/c1-2-15-28-16-12-26-29-24-19-22(27)10-11-25(24)31(26)23-13-17-30(18-14-23)20-21-8-6-4-3-5-7-9-21/h10-11,19,21,23,28H,2-9,12-18,20H2,1H3. The second kappa shape index (κ2) is 11.4. The first-order chi connectivity index (χ1) is 15.2. The van der Waals surface area contributed by atoms with Crippen LogP contribution in [0.3, 0.4) is 0 Å². The third-order valence-electron chi connectivity index (χ3n) is 7.34. The van der Waals surface area contributed by atoms with Gasteiger partial charge in [0.2, 0.25) is 0 Å². The van der Waals surface area contributed by atoms with Crippen molar-refractivity contribution in [2.45, 2.75) is 83.6 Å². The van der Waals surface area contributed by atoms with Gasteiger partial charge in [-0.2, -0.15) is 0 Å². The summed E-state index contributed by atoms with van der Waals surface area (Å²) < 4.78 is 16.3.